The summed E-state index contributed by atoms with van der Waals surface area (Å²) >= 11 is 0. The van der Waals surface area contributed by atoms with Crippen LogP contribution in [-0.4, -0.2) is 0 Å². The minimum absolute atomic E-state index is 0.158. The van der Waals surface area contributed by atoms with E-state index in [0.29, 0.717) is 33.9 Å². The molecule has 0 spiro atoms. The largest absolute Gasteiger partial charge is 0.489 e. The first kappa shape index (κ1) is 21.0. The Kier molecular flexibility index (Phi) is 5.68. The predicted molar refractivity (Wildman–Crippen MR) is 133 cm³/mol. The first-order valence-electron chi connectivity index (χ1n) is 10.6. The van der Waals surface area contributed by atoms with Gasteiger partial charge in [0.2, 0.25) is 0 Å². The average molecular weight is 452 g/mol. The summed E-state index contributed by atoms with van der Waals surface area (Å²) in [6.45, 7) is 0.409. The van der Waals surface area contributed by atoms with Crippen LogP contribution in [0.2, 0.25) is 0 Å². The summed E-state index contributed by atoms with van der Waals surface area (Å²) in [6.07, 6.45) is 0. The van der Waals surface area contributed by atoms with Crippen molar-refractivity contribution in [2.75, 3.05) is 0 Å². The van der Waals surface area contributed by atoms with Crippen molar-refractivity contribution in [3.05, 3.63) is 131 Å². The molecule has 0 unspecified atom stereocenters. The third kappa shape index (κ3) is 4.13. The molecule has 5 rings (SSSR count). The third-order valence-electron chi connectivity index (χ3n) is 5.52. The van der Waals surface area contributed by atoms with Crippen LogP contribution in [0.5, 0.6) is 5.75 Å². The highest BCUT2D eigenvalue weighted by molar-refractivity contribution is 7.85. The number of hydrogen-bond acceptors (Lipinski definition) is 4. The van der Waals surface area contributed by atoms with E-state index in [1.165, 1.54) is 0 Å². The van der Waals surface area contributed by atoms with Crippen molar-refractivity contribution < 1.29 is 13.7 Å². The molecule has 4 nitrogen and oxygen atoms in total. The Bertz CT molecular complexity index is 1450. The average Bonchev–Trinajstić information content (AvgIpc) is 2.88. The minimum atomic E-state index is -3.42. The van der Waals surface area contributed by atoms with Gasteiger partial charge in [-0.2, -0.15) is 0 Å². The molecule has 0 radical (unpaired) electrons. The van der Waals surface area contributed by atoms with Crippen LogP contribution in [0, 0.1) is 0 Å². The molecule has 0 N–H and O–H groups in total. The molecule has 0 fully saturated rings. The van der Waals surface area contributed by atoms with Crippen LogP contribution in [0.3, 0.4) is 0 Å². The zero-order valence-corrected chi connectivity index (χ0v) is 18.7. The lowest BCUT2D eigenvalue weighted by atomic mass is 10.2. The predicted octanol–water partition coefficient (Wildman–Crippen LogP) is 5.01. The van der Waals surface area contributed by atoms with Gasteiger partial charge in [-0.1, -0.05) is 91.0 Å². The summed E-state index contributed by atoms with van der Waals surface area (Å²) < 4.78 is 26.1. The molecule has 0 aliphatic carbocycles. The van der Waals surface area contributed by atoms with E-state index in [1.54, 1.807) is 36.4 Å². The molecule has 0 aliphatic heterocycles. The second kappa shape index (κ2) is 8.93. The monoisotopic (exact) mass is 452 g/mol. The molecule has 4 aromatic carbocycles. The Hall–Kier alpha value is -3.88. The van der Waals surface area contributed by atoms with Gasteiger partial charge in [-0.05, 0) is 23.8 Å². The van der Waals surface area contributed by atoms with Gasteiger partial charge in [0.1, 0.15) is 23.2 Å². The first-order valence-corrected chi connectivity index (χ1v) is 12.3. The van der Waals surface area contributed by atoms with Crippen LogP contribution in [0.15, 0.2) is 124 Å². The number of ether oxygens (including phenoxy) is 1. The highest BCUT2D eigenvalue weighted by Gasteiger charge is 2.33. The van der Waals surface area contributed by atoms with E-state index in [0.717, 1.165) is 5.56 Å². The van der Waals surface area contributed by atoms with Crippen molar-refractivity contribution in [2.45, 2.75) is 6.61 Å². The summed E-state index contributed by atoms with van der Waals surface area (Å²) in [5, 5.41) is 2.02. The van der Waals surface area contributed by atoms with Crippen molar-refractivity contribution in [1.29, 1.82) is 0 Å². The Morgan fingerprint density at radius 1 is 0.697 bits per heavy atom. The molecule has 5 heteroatoms. The fourth-order valence-corrected chi connectivity index (χ4v) is 6.50. The molecule has 0 bridgehead atoms. The molecular weight excluding hydrogens is 431 g/mol. The van der Waals surface area contributed by atoms with Crippen LogP contribution in [0.1, 0.15) is 5.56 Å². The first-order chi connectivity index (χ1) is 16.1. The lowest BCUT2D eigenvalue weighted by Crippen LogP contribution is -2.33. The van der Waals surface area contributed by atoms with E-state index in [-0.39, 0.29) is 5.30 Å². The van der Waals surface area contributed by atoms with Crippen molar-refractivity contribution in [3.63, 3.8) is 0 Å². The van der Waals surface area contributed by atoms with Crippen LogP contribution in [0.25, 0.3) is 11.0 Å². The van der Waals surface area contributed by atoms with E-state index in [4.69, 9.17) is 9.15 Å². The molecule has 1 heterocycles. The molecule has 0 atom stereocenters. The smallest absolute Gasteiger partial charge is 0.347 e. The minimum Gasteiger partial charge on any atom is -0.489 e. The maximum absolute atomic E-state index is 14.5. The second-order valence-corrected chi connectivity index (χ2v) is 10.4. The van der Waals surface area contributed by atoms with E-state index in [1.807, 2.05) is 78.9 Å². The summed E-state index contributed by atoms with van der Waals surface area (Å²) in [5.74, 6) is 0.594. The van der Waals surface area contributed by atoms with Gasteiger partial charge < -0.3 is 13.7 Å². The van der Waals surface area contributed by atoms with Crippen molar-refractivity contribution >= 4 is 34.0 Å². The molecule has 33 heavy (non-hydrogen) atoms. The van der Waals surface area contributed by atoms with Gasteiger partial charge in [0.15, 0.2) is 7.14 Å². The Morgan fingerprint density at radius 3 is 1.88 bits per heavy atom. The number of fused-ring (bicyclic) bond motifs is 1. The van der Waals surface area contributed by atoms with Crippen LogP contribution in [-0.2, 0) is 11.2 Å². The topological polar surface area (TPSA) is 56.5 Å². The van der Waals surface area contributed by atoms with Crippen molar-refractivity contribution in [2.24, 2.45) is 0 Å². The van der Waals surface area contributed by atoms with E-state index in [2.05, 4.69) is 0 Å². The summed E-state index contributed by atoms with van der Waals surface area (Å²) in [4.78, 5) is 13.1. The summed E-state index contributed by atoms with van der Waals surface area (Å²) in [7, 11) is -3.42. The van der Waals surface area contributed by atoms with Crippen LogP contribution < -0.4 is 26.3 Å². The normalized spacial score (nSPS) is 11.4. The van der Waals surface area contributed by atoms with Crippen molar-refractivity contribution in [1.82, 2.24) is 0 Å². The molecule has 0 amide bonds. The molecule has 162 valence electrons. The fourth-order valence-electron chi connectivity index (χ4n) is 3.83. The molecule has 0 saturated heterocycles. The Morgan fingerprint density at radius 2 is 1.27 bits per heavy atom. The van der Waals surface area contributed by atoms with Gasteiger partial charge in [0.25, 0.3) is 0 Å². The molecule has 0 saturated carbocycles. The van der Waals surface area contributed by atoms with Crippen molar-refractivity contribution in [3.8, 4) is 5.75 Å². The maximum atomic E-state index is 14.5. The lowest BCUT2D eigenvalue weighted by molar-refractivity contribution is 0.306. The van der Waals surface area contributed by atoms with Gasteiger partial charge in [-0.25, -0.2) is 4.79 Å². The van der Waals surface area contributed by atoms with Gasteiger partial charge in [-0.3, -0.25) is 0 Å². The highest BCUT2D eigenvalue weighted by atomic mass is 31.2. The SMILES string of the molecule is O=c1oc2cc(OCc3ccccc3)ccc2cc1P(=O)(c1ccccc1)c1ccccc1. The third-order valence-corrected chi connectivity index (χ3v) is 8.56. The Labute approximate surface area is 191 Å². The van der Waals surface area contributed by atoms with E-state index >= 15 is 0 Å². The lowest BCUT2D eigenvalue weighted by Gasteiger charge is -2.19. The highest BCUT2D eigenvalue weighted by Crippen LogP contribution is 2.41. The number of hydrogen-bond donors (Lipinski definition) is 0. The standard InChI is InChI=1S/C28H21O4P/c29-28-27(33(30,24-12-6-2-7-13-24)25-14-8-3-9-15-25)18-22-16-17-23(19-26(22)32-28)31-20-21-10-4-1-5-11-21/h1-19H,20H2. The summed E-state index contributed by atoms with van der Waals surface area (Å²) in [6, 6.07) is 35.0. The molecule has 5 aromatic rings. The molecule has 0 aliphatic rings. The number of rotatable bonds is 6. The molecule has 1 aromatic heterocycles. The van der Waals surface area contributed by atoms with Gasteiger partial charge >= 0.3 is 5.63 Å². The van der Waals surface area contributed by atoms with Crippen LogP contribution >= 0.6 is 7.14 Å². The maximum Gasteiger partial charge on any atom is 0.347 e. The van der Waals surface area contributed by atoms with Crippen LogP contribution in [0.4, 0.5) is 0 Å². The Balaban J connectivity index is 1.58. The van der Waals surface area contributed by atoms with Gasteiger partial charge in [0, 0.05) is 22.1 Å². The summed E-state index contributed by atoms with van der Waals surface area (Å²) in [5.41, 5.74) is 0.821. The van der Waals surface area contributed by atoms with Gasteiger partial charge in [-0.15, -0.1) is 0 Å². The van der Waals surface area contributed by atoms with E-state index < -0.39 is 12.8 Å². The van der Waals surface area contributed by atoms with E-state index in [9.17, 15) is 9.36 Å². The quantitative estimate of drug-likeness (QED) is 0.268. The number of benzene rings is 4. The zero-order valence-electron chi connectivity index (χ0n) is 17.8. The van der Waals surface area contributed by atoms with Gasteiger partial charge in [0.05, 0.1) is 0 Å². The fraction of sp³-hybridized carbons (Fsp3) is 0.0357. The zero-order chi connectivity index (χ0) is 22.7. The molecular formula is C28H21O4P. The second-order valence-electron chi connectivity index (χ2n) is 7.67.